The molecular formula is C17H23NO3. The van der Waals surface area contributed by atoms with Crippen LogP contribution in [0.25, 0.3) is 0 Å². The highest BCUT2D eigenvalue weighted by Crippen LogP contribution is 2.35. The van der Waals surface area contributed by atoms with Crippen molar-refractivity contribution in [1.29, 1.82) is 0 Å². The van der Waals surface area contributed by atoms with Gasteiger partial charge in [-0.05, 0) is 56.2 Å². The fourth-order valence-electron chi connectivity index (χ4n) is 3.85. The minimum absolute atomic E-state index is 0.344. The summed E-state index contributed by atoms with van der Waals surface area (Å²) in [6.07, 6.45) is 6.80. The van der Waals surface area contributed by atoms with Crippen LogP contribution in [-0.4, -0.2) is 36.9 Å². The predicted molar refractivity (Wildman–Crippen MR) is 82.1 cm³/mol. The molecule has 1 aromatic rings. The topological polar surface area (TPSA) is 49.8 Å². The van der Waals surface area contributed by atoms with Gasteiger partial charge in [-0.15, -0.1) is 0 Å². The summed E-state index contributed by atoms with van der Waals surface area (Å²) in [4.78, 5) is 13.8. The van der Waals surface area contributed by atoms with Crippen molar-refractivity contribution in [3.8, 4) is 0 Å². The number of fused-ring (bicyclic) bond motifs is 1. The molecule has 1 aliphatic carbocycles. The van der Waals surface area contributed by atoms with E-state index in [0.717, 1.165) is 43.5 Å². The Kier molecular flexibility index (Phi) is 4.15. The quantitative estimate of drug-likeness (QED) is 0.929. The molecule has 0 aromatic heterocycles. The molecule has 1 saturated carbocycles. The van der Waals surface area contributed by atoms with Crippen LogP contribution in [0.15, 0.2) is 18.2 Å². The second-order valence-electron chi connectivity index (χ2n) is 6.08. The molecule has 1 aliphatic heterocycles. The van der Waals surface area contributed by atoms with Crippen molar-refractivity contribution in [3.05, 3.63) is 29.3 Å². The van der Waals surface area contributed by atoms with E-state index in [9.17, 15) is 9.90 Å². The molecule has 0 radical (unpaired) electrons. The molecule has 2 unspecified atom stereocenters. The maximum Gasteiger partial charge on any atom is 0.336 e. The van der Waals surface area contributed by atoms with Gasteiger partial charge in [0.2, 0.25) is 0 Å². The van der Waals surface area contributed by atoms with E-state index in [1.807, 2.05) is 6.07 Å². The molecule has 2 aliphatic rings. The van der Waals surface area contributed by atoms with Crippen LogP contribution in [0, 0.1) is 0 Å². The van der Waals surface area contributed by atoms with Gasteiger partial charge in [0.25, 0.3) is 0 Å². The van der Waals surface area contributed by atoms with Crippen molar-refractivity contribution in [2.45, 2.75) is 50.7 Å². The molecule has 1 heterocycles. The number of anilines is 1. The molecule has 3 rings (SSSR count). The van der Waals surface area contributed by atoms with E-state index in [0.29, 0.717) is 17.7 Å². The van der Waals surface area contributed by atoms with Crippen molar-refractivity contribution in [3.63, 3.8) is 0 Å². The molecule has 0 spiro atoms. The minimum atomic E-state index is -0.813. The van der Waals surface area contributed by atoms with Gasteiger partial charge in [-0.3, -0.25) is 0 Å². The summed E-state index contributed by atoms with van der Waals surface area (Å²) >= 11 is 0. The highest BCUT2D eigenvalue weighted by molar-refractivity contribution is 5.91. The molecule has 4 heteroatoms. The van der Waals surface area contributed by atoms with E-state index in [1.54, 1.807) is 13.2 Å². The van der Waals surface area contributed by atoms with Gasteiger partial charge in [0.05, 0.1) is 11.7 Å². The smallest absolute Gasteiger partial charge is 0.336 e. The van der Waals surface area contributed by atoms with Gasteiger partial charge in [-0.2, -0.15) is 0 Å². The molecule has 114 valence electrons. The number of nitrogens with zero attached hydrogens (tertiary/aromatic N) is 1. The van der Waals surface area contributed by atoms with Gasteiger partial charge in [0.1, 0.15) is 0 Å². The van der Waals surface area contributed by atoms with E-state index >= 15 is 0 Å². The number of carboxylic acid groups (broad SMARTS) is 1. The van der Waals surface area contributed by atoms with Crippen molar-refractivity contribution in [1.82, 2.24) is 0 Å². The van der Waals surface area contributed by atoms with Crippen LogP contribution in [0.4, 0.5) is 5.69 Å². The average molecular weight is 289 g/mol. The number of carbonyl (C=O) groups is 1. The Morgan fingerprint density at radius 3 is 2.95 bits per heavy atom. The normalized spacial score (nSPS) is 25.5. The molecule has 0 saturated heterocycles. The lowest BCUT2D eigenvalue weighted by Crippen LogP contribution is -2.43. The van der Waals surface area contributed by atoms with Gasteiger partial charge in [0.15, 0.2) is 0 Å². The number of ether oxygens (including phenoxy) is 1. The number of methoxy groups -OCH3 is 1. The summed E-state index contributed by atoms with van der Waals surface area (Å²) in [6, 6.07) is 6.16. The van der Waals surface area contributed by atoms with Crippen LogP contribution in [0.5, 0.6) is 0 Å². The van der Waals surface area contributed by atoms with E-state index in [4.69, 9.17) is 4.74 Å². The third-order valence-electron chi connectivity index (χ3n) is 4.89. The molecule has 21 heavy (non-hydrogen) atoms. The van der Waals surface area contributed by atoms with Crippen LogP contribution >= 0.6 is 0 Å². The Hall–Kier alpha value is -1.55. The number of aromatic carboxylic acids is 1. The van der Waals surface area contributed by atoms with Crippen LogP contribution in [0.3, 0.4) is 0 Å². The third kappa shape index (κ3) is 2.77. The summed E-state index contributed by atoms with van der Waals surface area (Å²) in [5.74, 6) is -0.813. The zero-order valence-corrected chi connectivity index (χ0v) is 12.5. The maximum atomic E-state index is 11.4. The lowest BCUT2D eigenvalue weighted by molar-refractivity contribution is 0.0627. The Morgan fingerprint density at radius 1 is 1.33 bits per heavy atom. The zero-order valence-electron chi connectivity index (χ0n) is 12.5. The monoisotopic (exact) mass is 289 g/mol. The van der Waals surface area contributed by atoms with Crippen molar-refractivity contribution < 1.29 is 14.6 Å². The highest BCUT2D eigenvalue weighted by atomic mass is 16.5. The van der Waals surface area contributed by atoms with E-state index in [1.165, 1.54) is 12.8 Å². The summed E-state index contributed by atoms with van der Waals surface area (Å²) in [6.45, 7) is 1.02. The summed E-state index contributed by atoms with van der Waals surface area (Å²) < 4.78 is 5.54. The number of hydrogen-bond donors (Lipinski definition) is 1. The second kappa shape index (κ2) is 6.06. The first-order chi connectivity index (χ1) is 10.2. The Morgan fingerprint density at radius 2 is 2.19 bits per heavy atom. The summed E-state index contributed by atoms with van der Waals surface area (Å²) in [7, 11) is 1.79. The molecule has 2 atom stereocenters. The van der Waals surface area contributed by atoms with Crippen LogP contribution in [-0.2, 0) is 11.2 Å². The minimum Gasteiger partial charge on any atom is -0.478 e. The fraction of sp³-hybridized carbons (Fsp3) is 0.588. The van der Waals surface area contributed by atoms with Crippen molar-refractivity contribution in [2.24, 2.45) is 0 Å². The number of benzene rings is 1. The summed E-state index contributed by atoms with van der Waals surface area (Å²) in [5.41, 5.74) is 2.61. The Bertz CT molecular complexity index is 529. The molecule has 1 N–H and O–H groups in total. The maximum absolute atomic E-state index is 11.4. The number of hydrogen-bond acceptors (Lipinski definition) is 3. The predicted octanol–water partition coefficient (Wildman–Crippen LogP) is 3.10. The molecule has 1 aromatic carbocycles. The van der Waals surface area contributed by atoms with Gasteiger partial charge >= 0.3 is 5.97 Å². The first-order valence-corrected chi connectivity index (χ1v) is 7.85. The Labute approximate surface area is 125 Å². The van der Waals surface area contributed by atoms with Crippen LogP contribution in [0.2, 0.25) is 0 Å². The number of rotatable bonds is 3. The Balaban J connectivity index is 1.90. The van der Waals surface area contributed by atoms with Crippen LogP contribution < -0.4 is 4.90 Å². The van der Waals surface area contributed by atoms with Gasteiger partial charge in [-0.1, -0.05) is 6.07 Å². The first kappa shape index (κ1) is 14.4. The highest BCUT2D eigenvalue weighted by Gasteiger charge is 2.30. The van der Waals surface area contributed by atoms with E-state index in [-0.39, 0.29) is 0 Å². The van der Waals surface area contributed by atoms with Crippen molar-refractivity contribution in [2.75, 3.05) is 18.6 Å². The van der Waals surface area contributed by atoms with Gasteiger partial charge in [-0.25, -0.2) is 4.79 Å². The fourth-order valence-corrected chi connectivity index (χ4v) is 3.85. The summed E-state index contributed by atoms with van der Waals surface area (Å²) in [5, 5.41) is 9.38. The van der Waals surface area contributed by atoms with Gasteiger partial charge in [0, 0.05) is 25.4 Å². The van der Waals surface area contributed by atoms with E-state index in [2.05, 4.69) is 11.0 Å². The van der Waals surface area contributed by atoms with Gasteiger partial charge < -0.3 is 14.7 Å². The molecule has 0 bridgehead atoms. The zero-order chi connectivity index (χ0) is 14.8. The average Bonchev–Trinajstić information content (AvgIpc) is 2.53. The molecule has 1 fully saturated rings. The lowest BCUT2D eigenvalue weighted by atomic mass is 9.88. The molecule has 0 amide bonds. The largest absolute Gasteiger partial charge is 0.478 e. The van der Waals surface area contributed by atoms with Crippen molar-refractivity contribution >= 4 is 11.7 Å². The molecule has 4 nitrogen and oxygen atoms in total. The SMILES string of the molecule is COC1CCCC(N2CCCc3c(C(=O)O)cccc32)C1. The first-order valence-electron chi connectivity index (χ1n) is 7.85. The second-order valence-corrected chi connectivity index (χ2v) is 6.08. The lowest BCUT2D eigenvalue weighted by Gasteiger charge is -2.42. The molecular weight excluding hydrogens is 266 g/mol. The third-order valence-corrected chi connectivity index (χ3v) is 4.89. The number of carboxylic acids is 1. The van der Waals surface area contributed by atoms with E-state index < -0.39 is 5.97 Å². The van der Waals surface area contributed by atoms with Crippen LogP contribution in [0.1, 0.15) is 48.0 Å². The standard InChI is InChI=1S/C17H23NO3/c1-21-13-6-2-5-12(11-13)18-10-4-8-14-15(17(19)20)7-3-9-16(14)18/h3,7,9,12-13H,2,4-6,8,10-11H2,1H3,(H,19,20).